The Hall–Kier alpha value is -4.16. The molecule has 1 aromatic heterocycles. The standard InChI is InChI=1S/C28H24ClFN6O2/c29-21-11-18(5-6-22(21)30)25-24(26(32)37)23-15-35(9-10-36(23)34-25)27(38)33-28-8-7-20(19(12-28)13-28)17-3-1-16(14-31)2-4-17/h1-6,11H,7-10,12-13,15H2,(H2,32,37)(H,33,38). The molecule has 3 N–H and O–H groups in total. The number of nitriles is 1. The van der Waals surface area contributed by atoms with Gasteiger partial charge in [-0.15, -0.1) is 0 Å². The highest BCUT2D eigenvalue weighted by atomic mass is 35.5. The largest absolute Gasteiger partial charge is 0.365 e. The van der Waals surface area contributed by atoms with Gasteiger partial charge in [-0.2, -0.15) is 10.4 Å². The van der Waals surface area contributed by atoms with Gasteiger partial charge in [-0.3, -0.25) is 9.48 Å². The van der Waals surface area contributed by atoms with E-state index in [0.29, 0.717) is 35.6 Å². The number of benzene rings is 2. The Morgan fingerprint density at radius 2 is 1.87 bits per heavy atom. The molecule has 1 aliphatic heterocycles. The highest BCUT2D eigenvalue weighted by Crippen LogP contribution is 2.51. The van der Waals surface area contributed by atoms with Gasteiger partial charge in [-0.1, -0.05) is 29.3 Å². The predicted molar refractivity (Wildman–Crippen MR) is 139 cm³/mol. The lowest BCUT2D eigenvalue weighted by Gasteiger charge is -2.50. The molecule has 0 radical (unpaired) electrons. The topological polar surface area (TPSA) is 117 Å². The normalized spacial score (nSPS) is 17.3. The first-order valence-corrected chi connectivity index (χ1v) is 12.8. The number of halogens is 2. The van der Waals surface area contributed by atoms with Crippen LogP contribution in [0.4, 0.5) is 9.18 Å². The van der Waals surface area contributed by atoms with Crippen LogP contribution in [-0.2, 0) is 13.1 Å². The molecular formula is C28H24ClFN6O2. The Morgan fingerprint density at radius 3 is 2.50 bits per heavy atom. The van der Waals surface area contributed by atoms with E-state index in [1.807, 2.05) is 24.3 Å². The third-order valence-electron chi connectivity index (χ3n) is 7.83. The second-order valence-corrected chi connectivity index (χ2v) is 10.6. The van der Waals surface area contributed by atoms with Crippen molar-refractivity contribution in [2.45, 2.75) is 44.3 Å². The minimum absolute atomic E-state index is 0.0760. The van der Waals surface area contributed by atoms with Gasteiger partial charge in [0, 0.05) is 17.6 Å². The van der Waals surface area contributed by atoms with Crippen LogP contribution in [0.25, 0.3) is 16.8 Å². The lowest BCUT2D eigenvalue weighted by atomic mass is 9.62. The van der Waals surface area contributed by atoms with Crippen molar-refractivity contribution in [1.82, 2.24) is 20.0 Å². The zero-order valence-corrected chi connectivity index (χ0v) is 21.2. The predicted octanol–water partition coefficient (Wildman–Crippen LogP) is 4.62. The number of aromatic nitrogens is 2. The number of fused-ring (bicyclic) bond motifs is 3. The van der Waals surface area contributed by atoms with E-state index in [9.17, 15) is 14.0 Å². The van der Waals surface area contributed by atoms with Gasteiger partial charge in [0.25, 0.3) is 5.91 Å². The number of nitrogens with zero attached hydrogens (tertiary/aromatic N) is 4. The van der Waals surface area contributed by atoms with Crippen LogP contribution < -0.4 is 11.1 Å². The number of rotatable bonds is 4. The zero-order chi connectivity index (χ0) is 26.6. The summed E-state index contributed by atoms with van der Waals surface area (Å²) in [5.74, 6) is -1.23. The highest BCUT2D eigenvalue weighted by Gasteiger charge is 2.47. The van der Waals surface area contributed by atoms with Gasteiger partial charge in [-0.05, 0) is 67.2 Å². The Bertz CT molecular complexity index is 1560. The molecule has 2 heterocycles. The molecule has 3 aliphatic carbocycles. The van der Waals surface area contributed by atoms with Crippen LogP contribution in [0.3, 0.4) is 0 Å². The summed E-state index contributed by atoms with van der Waals surface area (Å²) in [7, 11) is 0. The molecule has 7 rings (SSSR count). The molecule has 2 bridgehead atoms. The average Bonchev–Trinajstić information content (AvgIpc) is 3.29. The zero-order valence-electron chi connectivity index (χ0n) is 20.4. The first kappa shape index (κ1) is 24.2. The van der Waals surface area contributed by atoms with Crippen LogP contribution in [-0.4, -0.2) is 38.7 Å². The molecule has 0 saturated heterocycles. The minimum Gasteiger partial charge on any atom is -0.365 e. The summed E-state index contributed by atoms with van der Waals surface area (Å²) in [4.78, 5) is 27.4. The molecule has 2 aromatic carbocycles. The fraction of sp³-hybridized carbons (Fsp3) is 0.286. The monoisotopic (exact) mass is 530 g/mol. The summed E-state index contributed by atoms with van der Waals surface area (Å²) in [6.07, 6.45) is 3.32. The molecule has 3 aromatic rings. The average molecular weight is 531 g/mol. The van der Waals surface area contributed by atoms with Crippen LogP contribution in [0.2, 0.25) is 5.02 Å². The Balaban J connectivity index is 1.18. The van der Waals surface area contributed by atoms with Crippen LogP contribution in [0.1, 0.15) is 52.9 Å². The van der Waals surface area contributed by atoms with Crippen molar-refractivity contribution >= 4 is 29.1 Å². The second-order valence-electron chi connectivity index (χ2n) is 10.1. The fourth-order valence-corrected chi connectivity index (χ4v) is 6.02. The number of carbonyl (C=O) groups is 2. The lowest BCUT2D eigenvalue weighted by Crippen LogP contribution is -2.60. The maximum absolute atomic E-state index is 13.7. The quantitative estimate of drug-likeness (QED) is 0.512. The van der Waals surface area contributed by atoms with Crippen molar-refractivity contribution in [2.75, 3.05) is 6.54 Å². The van der Waals surface area contributed by atoms with E-state index >= 15 is 0 Å². The van der Waals surface area contributed by atoms with E-state index in [1.165, 1.54) is 29.3 Å². The van der Waals surface area contributed by atoms with E-state index in [-0.39, 0.29) is 28.7 Å². The molecule has 3 amide bonds. The molecule has 0 unspecified atom stereocenters. The van der Waals surface area contributed by atoms with Gasteiger partial charge < -0.3 is 16.0 Å². The maximum Gasteiger partial charge on any atom is 0.318 e. The summed E-state index contributed by atoms with van der Waals surface area (Å²) >= 11 is 5.95. The number of amides is 3. The Kier molecular flexibility index (Phi) is 5.73. The third-order valence-corrected chi connectivity index (χ3v) is 8.11. The van der Waals surface area contributed by atoms with Crippen molar-refractivity contribution in [3.8, 4) is 17.3 Å². The van der Waals surface area contributed by atoms with E-state index in [0.717, 1.165) is 31.2 Å². The van der Waals surface area contributed by atoms with Crippen molar-refractivity contribution in [3.63, 3.8) is 0 Å². The first-order valence-electron chi connectivity index (χ1n) is 12.4. The second kappa shape index (κ2) is 8.99. The summed E-state index contributed by atoms with van der Waals surface area (Å²) < 4.78 is 15.4. The number of hydrogen-bond donors (Lipinski definition) is 2. The Labute approximate surface area is 223 Å². The number of nitrogens with one attached hydrogen (secondary N) is 1. The molecule has 10 heteroatoms. The molecule has 8 nitrogen and oxygen atoms in total. The number of allylic oxidation sites excluding steroid dienone is 1. The number of primary amides is 1. The van der Waals surface area contributed by atoms with E-state index in [1.54, 1.807) is 9.58 Å². The van der Waals surface area contributed by atoms with Gasteiger partial charge in [-0.25, -0.2) is 9.18 Å². The summed E-state index contributed by atoms with van der Waals surface area (Å²) in [5.41, 5.74) is 11.5. The summed E-state index contributed by atoms with van der Waals surface area (Å²) in [5, 5.41) is 16.8. The van der Waals surface area contributed by atoms with Crippen LogP contribution in [0.5, 0.6) is 0 Å². The minimum atomic E-state index is -0.668. The van der Waals surface area contributed by atoms with Crippen molar-refractivity contribution < 1.29 is 14.0 Å². The fourth-order valence-electron chi connectivity index (χ4n) is 5.84. The van der Waals surface area contributed by atoms with Gasteiger partial charge in [0.05, 0.1) is 41.0 Å². The number of nitrogens with two attached hydrogens (primary N) is 1. The van der Waals surface area contributed by atoms with Gasteiger partial charge >= 0.3 is 6.03 Å². The van der Waals surface area contributed by atoms with Crippen molar-refractivity contribution in [2.24, 2.45) is 5.73 Å². The first-order chi connectivity index (χ1) is 18.3. The van der Waals surface area contributed by atoms with Crippen LogP contribution >= 0.6 is 11.6 Å². The number of hydrogen-bond acceptors (Lipinski definition) is 4. The van der Waals surface area contributed by atoms with Crippen LogP contribution in [0.15, 0.2) is 48.0 Å². The van der Waals surface area contributed by atoms with E-state index < -0.39 is 11.7 Å². The van der Waals surface area contributed by atoms with Crippen molar-refractivity contribution in [3.05, 3.63) is 81.3 Å². The molecule has 192 valence electrons. The smallest absolute Gasteiger partial charge is 0.318 e. The molecule has 4 aliphatic rings. The van der Waals surface area contributed by atoms with Gasteiger partial charge in [0.2, 0.25) is 0 Å². The molecular weight excluding hydrogens is 507 g/mol. The van der Waals surface area contributed by atoms with Gasteiger partial charge in [0.1, 0.15) is 11.5 Å². The molecule has 1 saturated carbocycles. The molecule has 0 atom stereocenters. The number of urea groups is 1. The molecule has 38 heavy (non-hydrogen) atoms. The summed E-state index contributed by atoms with van der Waals surface area (Å²) in [6, 6.07) is 13.8. The molecule has 0 spiro atoms. The molecule has 1 fully saturated rings. The van der Waals surface area contributed by atoms with E-state index in [2.05, 4.69) is 16.5 Å². The highest BCUT2D eigenvalue weighted by molar-refractivity contribution is 6.31. The van der Waals surface area contributed by atoms with Crippen molar-refractivity contribution in [1.29, 1.82) is 5.26 Å². The number of carbonyl (C=O) groups excluding carboxylic acids is 2. The SMILES string of the molecule is N#Cc1ccc(C2=C3CC(NC(=O)N4CCn5nc(-c6ccc(F)c(Cl)c6)c(C(N)=O)c5C4)(CC2)C3)cc1. The van der Waals surface area contributed by atoms with E-state index in [4.69, 9.17) is 22.6 Å². The lowest BCUT2D eigenvalue weighted by molar-refractivity contribution is 0.0996. The maximum atomic E-state index is 13.7. The Morgan fingerprint density at radius 1 is 1.13 bits per heavy atom. The third kappa shape index (κ3) is 4.02. The van der Waals surface area contributed by atoms with Crippen LogP contribution in [0, 0.1) is 17.1 Å². The van der Waals surface area contributed by atoms with Gasteiger partial charge in [0.15, 0.2) is 0 Å². The summed E-state index contributed by atoms with van der Waals surface area (Å²) in [6.45, 7) is 1.01.